The molecule has 3 N–H and O–H groups in total. The largest absolute Gasteiger partial charge is 0.355 e. The number of hydrogen-bond donors (Lipinski definition) is 2. The minimum atomic E-state index is -0.379. The molecule has 6 heteroatoms. The standard InChI is InChI=1S/C11H20N4OS/c1-17-8-3-10(12)11(16)14-4-2-6-15-7-5-13-9-15/h5,7,9-10H,2-4,6,8,12H2,1H3,(H,14,16)/t10-/m0/s1. The third-order valence-corrected chi connectivity index (χ3v) is 3.07. The second kappa shape index (κ2) is 8.14. The molecule has 1 heterocycles. The van der Waals surface area contributed by atoms with Gasteiger partial charge in [0.15, 0.2) is 0 Å². The van der Waals surface area contributed by atoms with Gasteiger partial charge < -0.3 is 15.6 Å². The van der Waals surface area contributed by atoms with Crippen molar-refractivity contribution in [3.8, 4) is 0 Å². The van der Waals surface area contributed by atoms with E-state index in [0.717, 1.165) is 25.1 Å². The fourth-order valence-electron chi connectivity index (χ4n) is 1.40. The summed E-state index contributed by atoms with van der Waals surface area (Å²) in [4.78, 5) is 15.5. The van der Waals surface area contributed by atoms with Crippen LogP contribution in [0.2, 0.25) is 0 Å². The molecule has 0 spiro atoms. The summed E-state index contributed by atoms with van der Waals surface area (Å²) in [6.45, 7) is 1.52. The van der Waals surface area contributed by atoms with Crippen LogP contribution in [0.3, 0.4) is 0 Å². The van der Waals surface area contributed by atoms with Crippen LogP contribution in [0.5, 0.6) is 0 Å². The van der Waals surface area contributed by atoms with Crippen LogP contribution in [0.4, 0.5) is 0 Å². The van der Waals surface area contributed by atoms with E-state index in [1.807, 2.05) is 17.0 Å². The van der Waals surface area contributed by atoms with Crippen LogP contribution in [-0.2, 0) is 11.3 Å². The third kappa shape index (κ3) is 5.74. The van der Waals surface area contributed by atoms with Crippen molar-refractivity contribution >= 4 is 17.7 Å². The molecule has 1 rings (SSSR count). The van der Waals surface area contributed by atoms with E-state index >= 15 is 0 Å². The van der Waals surface area contributed by atoms with Gasteiger partial charge in [0.1, 0.15) is 0 Å². The molecular formula is C11H20N4OS. The van der Waals surface area contributed by atoms with Gasteiger partial charge in [-0.3, -0.25) is 4.79 Å². The van der Waals surface area contributed by atoms with E-state index in [4.69, 9.17) is 5.73 Å². The van der Waals surface area contributed by atoms with Crippen molar-refractivity contribution in [2.45, 2.75) is 25.4 Å². The summed E-state index contributed by atoms with van der Waals surface area (Å²) in [6.07, 6.45) is 9.05. The highest BCUT2D eigenvalue weighted by atomic mass is 32.2. The van der Waals surface area contributed by atoms with Crippen molar-refractivity contribution in [2.24, 2.45) is 5.73 Å². The van der Waals surface area contributed by atoms with E-state index in [1.54, 1.807) is 24.3 Å². The van der Waals surface area contributed by atoms with Gasteiger partial charge >= 0.3 is 0 Å². The summed E-state index contributed by atoms with van der Waals surface area (Å²) in [7, 11) is 0. The number of nitrogens with zero attached hydrogens (tertiary/aromatic N) is 2. The van der Waals surface area contributed by atoms with Gasteiger partial charge in [-0.2, -0.15) is 11.8 Å². The Hall–Kier alpha value is -1.01. The first-order chi connectivity index (χ1) is 8.24. The minimum Gasteiger partial charge on any atom is -0.355 e. The molecule has 0 unspecified atom stereocenters. The van der Waals surface area contributed by atoms with Gasteiger partial charge in [0, 0.05) is 25.5 Å². The Kier molecular flexibility index (Phi) is 6.73. The molecule has 5 nitrogen and oxygen atoms in total. The van der Waals surface area contributed by atoms with Crippen LogP contribution in [0.15, 0.2) is 18.7 Å². The Labute approximate surface area is 106 Å². The van der Waals surface area contributed by atoms with Gasteiger partial charge in [-0.15, -0.1) is 0 Å². The summed E-state index contributed by atoms with van der Waals surface area (Å²) < 4.78 is 1.99. The molecule has 0 aliphatic rings. The van der Waals surface area contributed by atoms with E-state index in [1.165, 1.54) is 0 Å². The van der Waals surface area contributed by atoms with Crippen molar-refractivity contribution in [1.82, 2.24) is 14.9 Å². The van der Waals surface area contributed by atoms with E-state index in [9.17, 15) is 4.79 Å². The molecule has 96 valence electrons. The molecule has 1 amide bonds. The lowest BCUT2D eigenvalue weighted by Gasteiger charge is -2.11. The van der Waals surface area contributed by atoms with Gasteiger partial charge in [-0.25, -0.2) is 4.98 Å². The topological polar surface area (TPSA) is 72.9 Å². The first kappa shape index (κ1) is 14.1. The number of amides is 1. The molecule has 0 saturated carbocycles. The molecule has 1 atom stereocenters. The smallest absolute Gasteiger partial charge is 0.236 e. The monoisotopic (exact) mass is 256 g/mol. The average Bonchev–Trinajstić information content (AvgIpc) is 2.84. The van der Waals surface area contributed by atoms with E-state index in [-0.39, 0.29) is 11.9 Å². The molecular weight excluding hydrogens is 236 g/mol. The summed E-state index contributed by atoms with van der Waals surface area (Å²) >= 11 is 1.70. The number of nitrogens with one attached hydrogen (secondary N) is 1. The number of rotatable bonds is 8. The Balaban J connectivity index is 2.07. The minimum absolute atomic E-state index is 0.0512. The summed E-state index contributed by atoms with van der Waals surface area (Å²) in [5, 5.41) is 2.85. The van der Waals surface area contributed by atoms with Crippen molar-refractivity contribution in [3.63, 3.8) is 0 Å². The molecule has 0 bridgehead atoms. The number of aryl methyl sites for hydroxylation is 1. The maximum Gasteiger partial charge on any atom is 0.236 e. The Morgan fingerprint density at radius 2 is 2.47 bits per heavy atom. The molecule has 0 aromatic carbocycles. The van der Waals surface area contributed by atoms with Gasteiger partial charge in [0.05, 0.1) is 12.4 Å². The van der Waals surface area contributed by atoms with Gasteiger partial charge in [-0.05, 0) is 24.9 Å². The fourth-order valence-corrected chi connectivity index (χ4v) is 1.89. The number of carbonyl (C=O) groups is 1. The highest BCUT2D eigenvalue weighted by Gasteiger charge is 2.11. The van der Waals surface area contributed by atoms with Crippen LogP contribution >= 0.6 is 11.8 Å². The quantitative estimate of drug-likeness (QED) is 0.663. The molecule has 0 fully saturated rings. The molecule has 0 aliphatic heterocycles. The molecule has 1 aromatic rings. The van der Waals surface area contributed by atoms with E-state index in [2.05, 4.69) is 10.3 Å². The Bertz CT molecular complexity index is 315. The van der Waals surface area contributed by atoms with Crippen LogP contribution in [0.1, 0.15) is 12.8 Å². The second-order valence-corrected chi connectivity index (χ2v) is 4.82. The van der Waals surface area contributed by atoms with Crippen LogP contribution in [-0.4, -0.2) is 40.1 Å². The Morgan fingerprint density at radius 1 is 1.65 bits per heavy atom. The van der Waals surface area contributed by atoms with Crippen LogP contribution in [0, 0.1) is 0 Å². The SMILES string of the molecule is CSCC[C@H](N)C(=O)NCCCn1ccnc1. The number of nitrogens with two attached hydrogens (primary N) is 1. The zero-order valence-corrected chi connectivity index (χ0v) is 10.9. The average molecular weight is 256 g/mol. The van der Waals surface area contributed by atoms with Crippen LogP contribution in [0.25, 0.3) is 0 Å². The molecule has 17 heavy (non-hydrogen) atoms. The molecule has 1 aromatic heterocycles. The normalized spacial score (nSPS) is 12.4. The van der Waals surface area contributed by atoms with Crippen molar-refractivity contribution in [1.29, 1.82) is 0 Å². The Morgan fingerprint density at radius 3 is 3.12 bits per heavy atom. The molecule has 0 saturated heterocycles. The van der Waals surface area contributed by atoms with Gasteiger partial charge in [0.25, 0.3) is 0 Å². The van der Waals surface area contributed by atoms with E-state index < -0.39 is 0 Å². The lowest BCUT2D eigenvalue weighted by molar-refractivity contribution is -0.122. The lowest BCUT2D eigenvalue weighted by Crippen LogP contribution is -2.41. The van der Waals surface area contributed by atoms with Gasteiger partial charge in [-0.1, -0.05) is 0 Å². The van der Waals surface area contributed by atoms with Crippen molar-refractivity contribution in [3.05, 3.63) is 18.7 Å². The second-order valence-electron chi connectivity index (χ2n) is 3.83. The zero-order valence-electron chi connectivity index (χ0n) is 10.1. The highest BCUT2D eigenvalue weighted by Crippen LogP contribution is 1.98. The van der Waals surface area contributed by atoms with E-state index in [0.29, 0.717) is 6.54 Å². The number of thioether (sulfide) groups is 1. The zero-order chi connectivity index (χ0) is 12.5. The maximum atomic E-state index is 11.5. The summed E-state index contributed by atoms with van der Waals surface area (Å²) in [5.41, 5.74) is 5.74. The molecule has 0 aliphatic carbocycles. The van der Waals surface area contributed by atoms with Crippen LogP contribution < -0.4 is 11.1 Å². The first-order valence-electron chi connectivity index (χ1n) is 5.72. The fraction of sp³-hybridized carbons (Fsp3) is 0.636. The number of aromatic nitrogens is 2. The van der Waals surface area contributed by atoms with Crippen molar-refractivity contribution < 1.29 is 4.79 Å². The predicted octanol–water partition coefficient (Wildman–Crippen LogP) is 0.470. The summed E-state index contributed by atoms with van der Waals surface area (Å²) in [5.74, 6) is 0.869. The molecule has 0 radical (unpaired) electrons. The maximum absolute atomic E-state index is 11.5. The third-order valence-electron chi connectivity index (χ3n) is 2.42. The lowest BCUT2D eigenvalue weighted by atomic mass is 10.2. The number of hydrogen-bond acceptors (Lipinski definition) is 4. The number of carbonyl (C=O) groups excluding carboxylic acids is 1. The summed E-state index contributed by atoms with van der Waals surface area (Å²) in [6, 6.07) is -0.379. The number of imidazole rings is 1. The predicted molar refractivity (Wildman–Crippen MR) is 70.8 cm³/mol. The van der Waals surface area contributed by atoms with Gasteiger partial charge in [0.2, 0.25) is 5.91 Å². The first-order valence-corrected chi connectivity index (χ1v) is 7.11. The van der Waals surface area contributed by atoms with Crippen molar-refractivity contribution in [2.75, 3.05) is 18.6 Å². The highest BCUT2D eigenvalue weighted by molar-refractivity contribution is 7.98.